The zero-order valence-electron chi connectivity index (χ0n) is 19.0. The fourth-order valence-electron chi connectivity index (χ4n) is 4.52. The van der Waals surface area contributed by atoms with Gasteiger partial charge in [0, 0.05) is 17.8 Å². The van der Waals surface area contributed by atoms with E-state index >= 15 is 0 Å². The van der Waals surface area contributed by atoms with Crippen molar-refractivity contribution >= 4 is 40.9 Å². The van der Waals surface area contributed by atoms with Crippen LogP contribution in [0.1, 0.15) is 44.4 Å². The summed E-state index contributed by atoms with van der Waals surface area (Å²) in [5.41, 5.74) is 5.31. The fourth-order valence-corrected chi connectivity index (χ4v) is 4.52. The maximum absolute atomic E-state index is 13.1. The van der Waals surface area contributed by atoms with Gasteiger partial charge in [0.15, 0.2) is 0 Å². The van der Waals surface area contributed by atoms with Crippen LogP contribution in [0.25, 0.3) is 11.6 Å². The minimum absolute atomic E-state index is 0.0738. The first-order chi connectivity index (χ1) is 15.1. The summed E-state index contributed by atoms with van der Waals surface area (Å²) < 4.78 is 0. The highest BCUT2D eigenvalue weighted by molar-refractivity contribution is 6.39. The lowest BCUT2D eigenvalue weighted by atomic mass is 9.88. The molecule has 0 aromatic heterocycles. The van der Waals surface area contributed by atoms with Crippen LogP contribution in [0.3, 0.4) is 0 Å². The number of benzene rings is 2. The predicted octanol–water partition coefficient (Wildman–Crippen LogP) is 4.68. The molecule has 1 fully saturated rings. The van der Waals surface area contributed by atoms with Crippen molar-refractivity contribution in [3.63, 3.8) is 0 Å². The first kappa shape index (κ1) is 21.6. The summed E-state index contributed by atoms with van der Waals surface area (Å²) in [7, 11) is 0. The number of hydrogen-bond acceptors (Lipinski definition) is 4. The van der Waals surface area contributed by atoms with Crippen molar-refractivity contribution in [3.8, 4) is 0 Å². The van der Waals surface area contributed by atoms with Crippen LogP contribution < -0.4 is 15.1 Å². The van der Waals surface area contributed by atoms with Crippen molar-refractivity contribution in [2.45, 2.75) is 40.2 Å². The average molecular weight is 430 g/mol. The molecule has 4 rings (SSSR count). The van der Waals surface area contributed by atoms with E-state index < -0.39 is 17.8 Å². The molecule has 6 heteroatoms. The smallest absolute Gasteiger partial charge is 0.335 e. The van der Waals surface area contributed by atoms with Gasteiger partial charge in [-0.3, -0.25) is 14.9 Å². The molecule has 32 heavy (non-hydrogen) atoms. The van der Waals surface area contributed by atoms with Gasteiger partial charge in [-0.25, -0.2) is 9.69 Å². The molecular formula is C26H27N3O3. The second-order valence-electron chi connectivity index (χ2n) is 8.80. The molecule has 0 atom stereocenters. The summed E-state index contributed by atoms with van der Waals surface area (Å²) in [4.78, 5) is 41.4. The Morgan fingerprint density at radius 3 is 2.34 bits per heavy atom. The number of hydrogen-bond donors (Lipinski definition) is 1. The van der Waals surface area contributed by atoms with Crippen molar-refractivity contribution in [3.05, 3.63) is 70.8 Å². The highest BCUT2D eigenvalue weighted by Gasteiger charge is 2.37. The zero-order chi connectivity index (χ0) is 23.2. The summed E-state index contributed by atoms with van der Waals surface area (Å²) in [6.45, 7) is 11.3. The number of imide groups is 2. The lowest BCUT2D eigenvalue weighted by Gasteiger charge is -2.42. The topological polar surface area (TPSA) is 69.7 Å². The SMILES string of the molecule is CCN1c2ccc(/C=C3/C(=O)NC(=O)N(c4ccc(C)cc4)C3=O)cc2C(C)=CC1(C)C. The number of anilines is 2. The lowest BCUT2D eigenvalue weighted by molar-refractivity contribution is -0.122. The summed E-state index contributed by atoms with van der Waals surface area (Å²) in [5, 5.41) is 2.28. The van der Waals surface area contributed by atoms with Gasteiger partial charge in [0.25, 0.3) is 11.8 Å². The Bertz CT molecular complexity index is 1190. The van der Waals surface area contributed by atoms with Crippen LogP contribution in [0.15, 0.2) is 54.1 Å². The van der Waals surface area contributed by atoms with Crippen molar-refractivity contribution in [2.24, 2.45) is 0 Å². The van der Waals surface area contributed by atoms with Crippen LogP contribution in [-0.4, -0.2) is 29.9 Å². The summed E-state index contributed by atoms with van der Waals surface area (Å²) in [5.74, 6) is -1.33. The third-order valence-electron chi connectivity index (χ3n) is 6.02. The van der Waals surface area contributed by atoms with Crippen LogP contribution >= 0.6 is 0 Å². The Hall–Kier alpha value is -3.67. The molecule has 4 amide bonds. The number of carbonyl (C=O) groups excluding carboxylic acids is 3. The van der Waals surface area contributed by atoms with E-state index in [0.717, 1.165) is 39.4 Å². The Kier molecular flexibility index (Phi) is 5.25. The summed E-state index contributed by atoms with van der Waals surface area (Å²) in [6, 6.07) is 12.2. The van der Waals surface area contributed by atoms with Crippen LogP contribution in [0.2, 0.25) is 0 Å². The van der Waals surface area contributed by atoms with Gasteiger partial charge in [-0.15, -0.1) is 0 Å². The van der Waals surface area contributed by atoms with Gasteiger partial charge in [-0.05, 0) is 76.1 Å². The first-order valence-corrected chi connectivity index (χ1v) is 10.7. The van der Waals surface area contributed by atoms with E-state index in [4.69, 9.17) is 0 Å². The van der Waals surface area contributed by atoms with E-state index in [1.807, 2.05) is 37.3 Å². The molecule has 0 bridgehead atoms. The maximum atomic E-state index is 13.1. The van der Waals surface area contributed by atoms with E-state index in [1.165, 1.54) is 0 Å². The molecule has 0 aliphatic carbocycles. The standard InChI is InChI=1S/C26H27N3O3/c1-6-28-22-12-9-18(13-20(22)17(3)15-26(28,4)5)14-21-23(30)27-25(32)29(24(21)31)19-10-7-16(2)8-11-19/h7-15H,6H2,1-5H3,(H,27,30,32)/b21-14-. The number of amides is 4. The molecule has 0 radical (unpaired) electrons. The van der Waals surface area contributed by atoms with E-state index in [1.54, 1.807) is 18.2 Å². The number of urea groups is 1. The third kappa shape index (κ3) is 3.62. The Morgan fingerprint density at radius 1 is 1.00 bits per heavy atom. The van der Waals surface area contributed by atoms with Crippen LogP contribution in [-0.2, 0) is 9.59 Å². The largest absolute Gasteiger partial charge is 0.363 e. The number of aryl methyl sites for hydroxylation is 1. The maximum Gasteiger partial charge on any atom is 0.335 e. The number of barbiturate groups is 1. The van der Waals surface area contributed by atoms with Crippen LogP contribution in [0.4, 0.5) is 16.2 Å². The third-order valence-corrected chi connectivity index (χ3v) is 6.02. The van der Waals surface area contributed by atoms with Crippen molar-refractivity contribution in [2.75, 3.05) is 16.3 Å². The molecule has 164 valence electrons. The number of nitrogens with zero attached hydrogens (tertiary/aromatic N) is 2. The molecular weight excluding hydrogens is 402 g/mol. The number of rotatable bonds is 3. The molecule has 0 unspecified atom stereocenters. The van der Waals surface area contributed by atoms with Crippen LogP contribution in [0.5, 0.6) is 0 Å². The second-order valence-corrected chi connectivity index (χ2v) is 8.80. The highest BCUT2D eigenvalue weighted by Crippen LogP contribution is 2.39. The molecule has 2 heterocycles. The van der Waals surface area contributed by atoms with E-state index in [-0.39, 0.29) is 11.1 Å². The van der Waals surface area contributed by atoms with E-state index in [9.17, 15) is 14.4 Å². The van der Waals surface area contributed by atoms with Crippen LogP contribution in [0, 0.1) is 6.92 Å². The van der Waals surface area contributed by atoms with Gasteiger partial charge < -0.3 is 4.90 Å². The van der Waals surface area contributed by atoms with E-state index in [0.29, 0.717) is 5.69 Å². The number of allylic oxidation sites excluding steroid dienone is 1. The van der Waals surface area contributed by atoms with Gasteiger partial charge in [0.2, 0.25) is 0 Å². The summed E-state index contributed by atoms with van der Waals surface area (Å²) in [6.07, 6.45) is 3.78. The first-order valence-electron chi connectivity index (χ1n) is 10.7. The molecule has 2 aliphatic rings. The number of fused-ring (bicyclic) bond motifs is 1. The number of carbonyl (C=O) groups is 3. The lowest BCUT2D eigenvalue weighted by Crippen LogP contribution is -2.54. The van der Waals surface area contributed by atoms with Crippen molar-refractivity contribution in [1.82, 2.24) is 5.32 Å². The molecule has 2 aromatic carbocycles. The molecule has 0 saturated carbocycles. The Morgan fingerprint density at radius 2 is 1.69 bits per heavy atom. The molecule has 2 aliphatic heterocycles. The molecule has 1 saturated heterocycles. The Balaban J connectivity index is 1.74. The van der Waals surface area contributed by atoms with Gasteiger partial charge >= 0.3 is 6.03 Å². The number of likely N-dealkylation sites (N-methyl/N-ethyl adjacent to an activating group) is 1. The van der Waals surface area contributed by atoms with Gasteiger partial charge in [0.05, 0.1) is 11.2 Å². The summed E-state index contributed by atoms with van der Waals surface area (Å²) >= 11 is 0. The van der Waals surface area contributed by atoms with E-state index in [2.05, 4.69) is 44.0 Å². The normalized spacial score (nSPS) is 19.1. The number of nitrogens with one attached hydrogen (secondary N) is 1. The minimum atomic E-state index is -0.744. The van der Waals surface area contributed by atoms with Gasteiger partial charge in [-0.1, -0.05) is 29.8 Å². The minimum Gasteiger partial charge on any atom is -0.363 e. The average Bonchev–Trinajstić information content (AvgIpc) is 2.72. The fraction of sp³-hybridized carbons (Fsp3) is 0.269. The predicted molar refractivity (Wildman–Crippen MR) is 127 cm³/mol. The zero-order valence-corrected chi connectivity index (χ0v) is 19.0. The molecule has 6 nitrogen and oxygen atoms in total. The quantitative estimate of drug-likeness (QED) is 0.568. The monoisotopic (exact) mass is 429 g/mol. The van der Waals surface area contributed by atoms with Crippen molar-refractivity contribution in [1.29, 1.82) is 0 Å². The van der Waals surface area contributed by atoms with Gasteiger partial charge in [0.1, 0.15) is 5.57 Å². The molecule has 2 aromatic rings. The highest BCUT2D eigenvalue weighted by atomic mass is 16.2. The molecule has 0 spiro atoms. The second kappa shape index (κ2) is 7.79. The van der Waals surface area contributed by atoms with Gasteiger partial charge in [-0.2, -0.15) is 0 Å². The van der Waals surface area contributed by atoms with Crippen molar-refractivity contribution < 1.29 is 14.4 Å². The Labute approximate surface area is 188 Å². The molecule has 1 N–H and O–H groups in total.